The van der Waals surface area contributed by atoms with Crippen LogP contribution in [0.25, 0.3) is 0 Å². The van der Waals surface area contributed by atoms with Crippen molar-refractivity contribution in [1.82, 2.24) is 0 Å². The van der Waals surface area contributed by atoms with Gasteiger partial charge in [0.15, 0.2) is 0 Å². The van der Waals surface area contributed by atoms with Crippen LogP contribution in [0.4, 0.5) is 0 Å². The fraction of sp³-hybridized carbons (Fsp3) is 0.903. The summed E-state index contributed by atoms with van der Waals surface area (Å²) in [6, 6.07) is 0. The first-order chi connectivity index (χ1) is 16.0. The number of aliphatic hydroxyl groups is 1. The van der Waals surface area contributed by atoms with Gasteiger partial charge in [-0.1, -0.05) is 51.7 Å². The third kappa shape index (κ3) is 4.76. The molecule has 0 amide bonds. The Bertz CT molecular complexity index is 761. The highest BCUT2D eigenvalue weighted by atomic mass is 16.5. The molecular formula is C31H52O3. The highest BCUT2D eigenvalue weighted by molar-refractivity contribution is 5.75. The lowest BCUT2D eigenvalue weighted by atomic mass is 9.47. The van der Waals surface area contributed by atoms with Crippen molar-refractivity contribution in [3.8, 4) is 0 Å². The highest BCUT2D eigenvalue weighted by Gasteiger charge is 2.59. The molecule has 7 unspecified atom stereocenters. The number of carbonyl (C=O) groups excluding carboxylic acids is 1. The van der Waals surface area contributed by atoms with Crippen molar-refractivity contribution in [2.24, 2.45) is 45.8 Å². The molecule has 7 atom stereocenters. The van der Waals surface area contributed by atoms with E-state index in [2.05, 4.69) is 26.8 Å². The van der Waals surface area contributed by atoms with Crippen LogP contribution >= 0.6 is 0 Å². The van der Waals surface area contributed by atoms with Gasteiger partial charge in [0.2, 0.25) is 0 Å². The second kappa shape index (κ2) is 9.91. The van der Waals surface area contributed by atoms with Gasteiger partial charge in [-0.15, -0.1) is 0 Å². The van der Waals surface area contributed by atoms with Crippen LogP contribution in [0, 0.1) is 45.8 Å². The predicted molar refractivity (Wildman–Crippen MR) is 139 cm³/mol. The molecule has 0 saturated heterocycles. The fourth-order valence-corrected chi connectivity index (χ4v) is 8.67. The second-order valence-corrected chi connectivity index (χ2v) is 14.2. The highest BCUT2D eigenvalue weighted by Crippen LogP contribution is 2.66. The number of fused-ring (bicyclic) bond motifs is 5. The molecule has 0 aliphatic heterocycles. The molecule has 194 valence electrons. The van der Waals surface area contributed by atoms with Crippen LogP contribution in [0.3, 0.4) is 0 Å². The molecule has 4 aliphatic rings. The van der Waals surface area contributed by atoms with E-state index < -0.39 is 5.41 Å². The fourth-order valence-electron chi connectivity index (χ4n) is 8.67. The summed E-state index contributed by atoms with van der Waals surface area (Å²) in [7, 11) is 0. The maximum absolute atomic E-state index is 12.5. The lowest BCUT2D eigenvalue weighted by Crippen LogP contribution is -2.53. The zero-order valence-corrected chi connectivity index (χ0v) is 23.0. The van der Waals surface area contributed by atoms with Gasteiger partial charge in [0.1, 0.15) is 6.10 Å². The Kier molecular flexibility index (Phi) is 7.65. The molecule has 3 saturated carbocycles. The second-order valence-electron chi connectivity index (χ2n) is 14.2. The van der Waals surface area contributed by atoms with Crippen LogP contribution in [0.5, 0.6) is 0 Å². The number of hydrogen-bond acceptors (Lipinski definition) is 3. The minimum absolute atomic E-state index is 0.0234. The van der Waals surface area contributed by atoms with Crippen molar-refractivity contribution in [1.29, 1.82) is 0 Å². The molecule has 0 spiro atoms. The number of ether oxygens (including phenoxy) is 1. The SMILES string of the molecule is CC(C)CCCCC1CCC2C3CC=C4CC(OC(=O)C(C)(C)C)CCC4(CO)C3CCC12C. The molecular weight excluding hydrogens is 420 g/mol. The van der Waals surface area contributed by atoms with E-state index in [-0.39, 0.29) is 24.1 Å². The van der Waals surface area contributed by atoms with E-state index in [1.807, 2.05) is 20.8 Å². The van der Waals surface area contributed by atoms with Crippen molar-refractivity contribution in [3.05, 3.63) is 11.6 Å². The van der Waals surface area contributed by atoms with Crippen LogP contribution in [0.15, 0.2) is 11.6 Å². The summed E-state index contributed by atoms with van der Waals surface area (Å²) in [5.41, 5.74) is 1.38. The molecule has 1 N–H and O–H groups in total. The van der Waals surface area contributed by atoms with E-state index in [0.29, 0.717) is 11.3 Å². The van der Waals surface area contributed by atoms with Crippen LogP contribution in [0.1, 0.15) is 119 Å². The number of allylic oxidation sites excluding steroid dienone is 1. The van der Waals surface area contributed by atoms with Gasteiger partial charge in [-0.25, -0.2) is 0 Å². The molecule has 3 fully saturated rings. The quantitative estimate of drug-likeness (QED) is 0.234. The molecule has 4 aliphatic carbocycles. The van der Waals surface area contributed by atoms with E-state index in [0.717, 1.165) is 42.9 Å². The minimum Gasteiger partial charge on any atom is -0.462 e. The summed E-state index contributed by atoms with van der Waals surface area (Å²) in [4.78, 5) is 12.5. The van der Waals surface area contributed by atoms with Gasteiger partial charge in [-0.2, -0.15) is 0 Å². The third-order valence-corrected chi connectivity index (χ3v) is 10.7. The minimum atomic E-state index is -0.459. The molecule has 0 aromatic carbocycles. The molecule has 0 heterocycles. The lowest BCUT2D eigenvalue weighted by Gasteiger charge is -2.58. The number of hydrogen-bond donors (Lipinski definition) is 1. The van der Waals surface area contributed by atoms with Crippen LogP contribution in [-0.4, -0.2) is 23.8 Å². The summed E-state index contributed by atoms with van der Waals surface area (Å²) in [5.74, 6) is 3.78. The Labute approximate surface area is 209 Å². The average Bonchev–Trinajstić information content (AvgIpc) is 3.12. The molecule has 4 rings (SSSR count). The number of rotatable bonds is 7. The summed E-state index contributed by atoms with van der Waals surface area (Å²) in [5, 5.41) is 10.8. The monoisotopic (exact) mass is 472 g/mol. The van der Waals surface area contributed by atoms with Crippen molar-refractivity contribution < 1.29 is 14.6 Å². The Hall–Kier alpha value is -0.830. The lowest BCUT2D eigenvalue weighted by molar-refractivity contribution is -0.161. The number of esters is 1. The van der Waals surface area contributed by atoms with Crippen molar-refractivity contribution in [2.45, 2.75) is 125 Å². The van der Waals surface area contributed by atoms with Crippen molar-refractivity contribution in [2.75, 3.05) is 6.61 Å². The van der Waals surface area contributed by atoms with E-state index in [1.54, 1.807) is 0 Å². The van der Waals surface area contributed by atoms with E-state index in [9.17, 15) is 9.90 Å². The van der Waals surface area contributed by atoms with Crippen LogP contribution < -0.4 is 0 Å². The standard InChI is InChI=1S/C31H52O3/c1-21(2)9-7-8-10-22-12-14-26-25-13-11-23-19-24(34-28(33)29(3,4)5)15-18-31(23,20-32)27(25)16-17-30(22,26)6/h11,21-22,24-27,32H,7-10,12-20H2,1-6H3. The van der Waals surface area contributed by atoms with Gasteiger partial charge in [0.25, 0.3) is 0 Å². The molecule has 0 radical (unpaired) electrons. The summed E-state index contributed by atoms with van der Waals surface area (Å²) in [6.45, 7) is 13.4. The number of unbranched alkanes of at least 4 members (excludes halogenated alkanes) is 1. The van der Waals surface area contributed by atoms with Gasteiger partial charge >= 0.3 is 5.97 Å². The van der Waals surface area contributed by atoms with Crippen LogP contribution in [-0.2, 0) is 9.53 Å². The van der Waals surface area contributed by atoms with Crippen LogP contribution in [0.2, 0.25) is 0 Å². The molecule has 3 heteroatoms. The zero-order valence-electron chi connectivity index (χ0n) is 23.0. The van der Waals surface area contributed by atoms with Gasteiger partial charge in [-0.05, 0) is 107 Å². The maximum Gasteiger partial charge on any atom is 0.311 e. The van der Waals surface area contributed by atoms with Gasteiger partial charge in [-0.3, -0.25) is 4.79 Å². The van der Waals surface area contributed by atoms with Crippen molar-refractivity contribution in [3.63, 3.8) is 0 Å². The zero-order chi connectivity index (χ0) is 24.7. The predicted octanol–water partition coefficient (Wildman–Crippen LogP) is 7.71. The number of carbonyl (C=O) groups is 1. The molecule has 0 aromatic rings. The number of aliphatic hydroxyl groups excluding tert-OH is 1. The average molecular weight is 473 g/mol. The maximum atomic E-state index is 12.5. The Morgan fingerprint density at radius 3 is 2.56 bits per heavy atom. The largest absolute Gasteiger partial charge is 0.462 e. The van der Waals surface area contributed by atoms with Gasteiger partial charge in [0.05, 0.1) is 12.0 Å². The van der Waals surface area contributed by atoms with E-state index >= 15 is 0 Å². The third-order valence-electron chi connectivity index (χ3n) is 10.7. The summed E-state index contributed by atoms with van der Waals surface area (Å²) in [6.07, 6.45) is 17.3. The molecule has 3 nitrogen and oxygen atoms in total. The van der Waals surface area contributed by atoms with E-state index in [4.69, 9.17) is 4.74 Å². The first-order valence-electron chi connectivity index (χ1n) is 14.5. The summed E-state index contributed by atoms with van der Waals surface area (Å²) < 4.78 is 5.93. The Morgan fingerprint density at radius 1 is 1.12 bits per heavy atom. The van der Waals surface area contributed by atoms with E-state index in [1.165, 1.54) is 63.4 Å². The molecule has 0 aromatic heterocycles. The Balaban J connectivity index is 1.45. The Morgan fingerprint density at radius 2 is 1.88 bits per heavy atom. The smallest absolute Gasteiger partial charge is 0.311 e. The first kappa shape index (κ1) is 26.2. The van der Waals surface area contributed by atoms with Gasteiger partial charge in [0, 0.05) is 11.8 Å². The van der Waals surface area contributed by atoms with Gasteiger partial charge < -0.3 is 9.84 Å². The molecule has 34 heavy (non-hydrogen) atoms. The summed E-state index contributed by atoms with van der Waals surface area (Å²) >= 11 is 0. The molecule has 0 bridgehead atoms. The van der Waals surface area contributed by atoms with Crippen molar-refractivity contribution >= 4 is 5.97 Å². The topological polar surface area (TPSA) is 46.5 Å². The normalized spacial score (nSPS) is 39.8. The first-order valence-corrected chi connectivity index (χ1v) is 14.5.